The summed E-state index contributed by atoms with van der Waals surface area (Å²) < 4.78 is 8.08. The largest absolute Gasteiger partial charge is 0.495 e. The number of aryl methyl sites for hydroxylation is 2. The van der Waals surface area contributed by atoms with Crippen molar-refractivity contribution in [3.8, 4) is 11.8 Å². The van der Waals surface area contributed by atoms with Gasteiger partial charge in [0.15, 0.2) is 0 Å². The van der Waals surface area contributed by atoms with Crippen molar-refractivity contribution < 1.29 is 4.74 Å². The van der Waals surface area contributed by atoms with Crippen LogP contribution in [0.2, 0.25) is 0 Å². The van der Waals surface area contributed by atoms with E-state index in [0.717, 1.165) is 15.9 Å². The van der Waals surface area contributed by atoms with Crippen LogP contribution in [0.15, 0.2) is 22.7 Å². The lowest BCUT2D eigenvalue weighted by Crippen LogP contribution is -2.08. The van der Waals surface area contributed by atoms with Gasteiger partial charge >= 0.3 is 0 Å². The minimum atomic E-state index is 0.549. The molecule has 0 saturated carbocycles. The third-order valence-electron chi connectivity index (χ3n) is 3.06. The number of hydrogen-bond donors (Lipinski definition) is 1. The molecule has 1 aromatic carbocycles. The highest BCUT2D eigenvalue weighted by atomic mass is 79.9. The molecule has 0 aliphatic heterocycles. The van der Waals surface area contributed by atoms with Crippen LogP contribution in [0.4, 0.5) is 5.69 Å². The number of hydrogen-bond acceptors (Lipinski definition) is 4. The van der Waals surface area contributed by atoms with Gasteiger partial charge in [0.25, 0.3) is 0 Å². The van der Waals surface area contributed by atoms with Gasteiger partial charge in [0.1, 0.15) is 11.8 Å². The molecular weight excluding hydrogens is 320 g/mol. The second-order valence-corrected chi connectivity index (χ2v) is 5.11. The number of ether oxygens (including phenoxy) is 1. The fraction of sp³-hybridized carbons (Fsp3) is 0.286. The summed E-state index contributed by atoms with van der Waals surface area (Å²) in [6.45, 7) is 2.49. The van der Waals surface area contributed by atoms with Crippen molar-refractivity contribution in [2.45, 2.75) is 13.5 Å². The molecule has 0 atom stereocenters. The van der Waals surface area contributed by atoms with Gasteiger partial charge in [-0.05, 0) is 35.0 Å². The Morgan fingerprint density at radius 3 is 2.80 bits per heavy atom. The SMILES string of the molecule is COc1cccc(C#N)c1NCc1c(Br)c(C)nn1C. The number of rotatable bonds is 4. The first-order valence-electron chi connectivity index (χ1n) is 6.07. The van der Waals surface area contributed by atoms with Crippen molar-refractivity contribution in [1.29, 1.82) is 5.26 Å². The molecule has 0 radical (unpaired) electrons. The Bertz CT molecular complexity index is 673. The monoisotopic (exact) mass is 334 g/mol. The molecule has 2 aromatic rings. The molecule has 2 rings (SSSR count). The van der Waals surface area contributed by atoms with Crippen molar-refractivity contribution in [3.05, 3.63) is 39.6 Å². The second-order valence-electron chi connectivity index (χ2n) is 4.32. The average molecular weight is 335 g/mol. The van der Waals surface area contributed by atoms with E-state index in [4.69, 9.17) is 4.74 Å². The van der Waals surface area contributed by atoms with Gasteiger partial charge in [-0.25, -0.2) is 0 Å². The third-order valence-corrected chi connectivity index (χ3v) is 4.09. The molecule has 0 fully saturated rings. The summed E-state index contributed by atoms with van der Waals surface area (Å²) >= 11 is 3.53. The van der Waals surface area contributed by atoms with E-state index in [2.05, 4.69) is 32.4 Å². The lowest BCUT2D eigenvalue weighted by molar-refractivity contribution is 0.416. The maximum Gasteiger partial charge on any atom is 0.143 e. The van der Waals surface area contributed by atoms with E-state index in [1.807, 2.05) is 24.7 Å². The minimum absolute atomic E-state index is 0.549. The molecule has 0 bridgehead atoms. The number of nitriles is 1. The summed E-state index contributed by atoms with van der Waals surface area (Å²) in [4.78, 5) is 0. The second kappa shape index (κ2) is 5.97. The smallest absolute Gasteiger partial charge is 0.143 e. The van der Waals surface area contributed by atoms with E-state index >= 15 is 0 Å². The first-order valence-corrected chi connectivity index (χ1v) is 6.86. The van der Waals surface area contributed by atoms with Crippen LogP contribution in [0.3, 0.4) is 0 Å². The van der Waals surface area contributed by atoms with E-state index in [1.54, 1.807) is 19.2 Å². The molecular formula is C14H15BrN4O. The van der Waals surface area contributed by atoms with Crippen molar-refractivity contribution in [3.63, 3.8) is 0 Å². The molecule has 0 saturated heterocycles. The Hall–Kier alpha value is -2.00. The number of nitrogens with one attached hydrogen (secondary N) is 1. The zero-order valence-corrected chi connectivity index (χ0v) is 13.2. The Kier molecular flexibility index (Phi) is 4.30. The summed E-state index contributed by atoms with van der Waals surface area (Å²) in [6, 6.07) is 7.55. The van der Waals surface area contributed by atoms with Crippen molar-refractivity contribution in [2.75, 3.05) is 12.4 Å². The zero-order valence-electron chi connectivity index (χ0n) is 11.6. The predicted molar refractivity (Wildman–Crippen MR) is 80.7 cm³/mol. The van der Waals surface area contributed by atoms with Gasteiger partial charge in [-0.3, -0.25) is 4.68 Å². The van der Waals surface area contributed by atoms with E-state index in [9.17, 15) is 5.26 Å². The van der Waals surface area contributed by atoms with Crippen LogP contribution in [0, 0.1) is 18.3 Å². The molecule has 0 unspecified atom stereocenters. The fourth-order valence-corrected chi connectivity index (χ4v) is 2.50. The number of aromatic nitrogens is 2. The maximum atomic E-state index is 9.18. The topological polar surface area (TPSA) is 62.9 Å². The minimum Gasteiger partial charge on any atom is -0.495 e. The summed E-state index contributed by atoms with van der Waals surface area (Å²) in [5, 5.41) is 16.8. The van der Waals surface area contributed by atoms with Crippen LogP contribution >= 0.6 is 15.9 Å². The maximum absolute atomic E-state index is 9.18. The van der Waals surface area contributed by atoms with Gasteiger partial charge in [0.2, 0.25) is 0 Å². The van der Waals surface area contributed by atoms with Gasteiger partial charge in [-0.1, -0.05) is 6.07 Å². The van der Waals surface area contributed by atoms with Crippen LogP contribution < -0.4 is 10.1 Å². The van der Waals surface area contributed by atoms with Crippen molar-refractivity contribution in [1.82, 2.24) is 9.78 Å². The fourth-order valence-electron chi connectivity index (χ4n) is 2.02. The molecule has 1 aromatic heterocycles. The normalized spacial score (nSPS) is 10.2. The number of anilines is 1. The van der Waals surface area contributed by atoms with Crippen molar-refractivity contribution in [2.24, 2.45) is 7.05 Å². The highest BCUT2D eigenvalue weighted by molar-refractivity contribution is 9.10. The molecule has 0 aliphatic rings. The van der Waals surface area contributed by atoms with E-state index in [-0.39, 0.29) is 0 Å². The van der Waals surface area contributed by atoms with Crippen LogP contribution in [0.25, 0.3) is 0 Å². The summed E-state index contributed by atoms with van der Waals surface area (Å²) in [7, 11) is 3.48. The number of nitrogens with zero attached hydrogens (tertiary/aromatic N) is 3. The van der Waals surface area contributed by atoms with Crippen LogP contribution in [-0.2, 0) is 13.6 Å². The lowest BCUT2D eigenvalue weighted by atomic mass is 10.1. The Balaban J connectivity index is 2.29. The number of methoxy groups -OCH3 is 1. The standard InChI is InChI=1S/C14H15BrN4O/c1-9-13(15)11(19(2)18-9)8-17-14-10(7-16)5-4-6-12(14)20-3/h4-6,17H,8H2,1-3H3. The predicted octanol–water partition coefficient (Wildman–Crippen LogP) is 2.98. The van der Waals surface area contributed by atoms with E-state index in [0.29, 0.717) is 23.5 Å². The molecule has 20 heavy (non-hydrogen) atoms. The highest BCUT2D eigenvalue weighted by Gasteiger charge is 2.13. The molecule has 104 valence electrons. The number of para-hydroxylation sites is 1. The summed E-state index contributed by atoms with van der Waals surface area (Å²) in [5.41, 5.74) is 3.20. The van der Waals surface area contributed by atoms with Crippen LogP contribution in [0.5, 0.6) is 5.75 Å². The third kappa shape index (κ3) is 2.63. The molecule has 5 nitrogen and oxygen atoms in total. The summed E-state index contributed by atoms with van der Waals surface area (Å²) in [5.74, 6) is 0.652. The average Bonchev–Trinajstić information content (AvgIpc) is 2.69. The first kappa shape index (κ1) is 14.4. The van der Waals surface area contributed by atoms with Crippen LogP contribution in [0.1, 0.15) is 17.0 Å². The Labute approximate surface area is 126 Å². The highest BCUT2D eigenvalue weighted by Crippen LogP contribution is 2.29. The van der Waals surface area contributed by atoms with Gasteiger partial charge in [0, 0.05) is 7.05 Å². The van der Waals surface area contributed by atoms with Gasteiger partial charge < -0.3 is 10.1 Å². The molecule has 0 aliphatic carbocycles. The molecule has 0 amide bonds. The quantitative estimate of drug-likeness (QED) is 0.933. The van der Waals surface area contributed by atoms with E-state index in [1.165, 1.54) is 0 Å². The summed E-state index contributed by atoms with van der Waals surface area (Å²) in [6.07, 6.45) is 0. The Morgan fingerprint density at radius 1 is 1.50 bits per heavy atom. The molecule has 6 heteroatoms. The molecule has 1 heterocycles. The van der Waals surface area contributed by atoms with Gasteiger partial charge in [-0.2, -0.15) is 10.4 Å². The van der Waals surface area contributed by atoms with Crippen molar-refractivity contribution >= 4 is 21.6 Å². The molecule has 1 N–H and O–H groups in total. The van der Waals surface area contributed by atoms with Crippen LogP contribution in [-0.4, -0.2) is 16.9 Å². The van der Waals surface area contributed by atoms with E-state index < -0.39 is 0 Å². The van der Waals surface area contributed by atoms with Gasteiger partial charge in [0.05, 0.1) is 40.8 Å². The van der Waals surface area contributed by atoms with Gasteiger partial charge in [-0.15, -0.1) is 0 Å². The number of benzene rings is 1. The molecule has 0 spiro atoms. The Morgan fingerprint density at radius 2 is 2.25 bits per heavy atom. The zero-order chi connectivity index (χ0) is 14.7. The lowest BCUT2D eigenvalue weighted by Gasteiger charge is -2.13. The first-order chi connectivity index (χ1) is 9.58. The number of halogens is 1.